The number of hydrogen-bond donors (Lipinski definition) is 14. The fourth-order valence-corrected chi connectivity index (χ4v) is 14.7. The summed E-state index contributed by atoms with van der Waals surface area (Å²) < 4.78 is 96.1. The van der Waals surface area contributed by atoms with E-state index in [4.69, 9.17) is 81.5 Å². The lowest BCUT2D eigenvalue weighted by Crippen LogP contribution is -2.48. The van der Waals surface area contributed by atoms with Gasteiger partial charge in [0.2, 0.25) is 70.9 Å². The highest BCUT2D eigenvalue weighted by molar-refractivity contribution is 8.00. The fraction of sp³-hybridized carbons (Fsp3) is 0.837. The van der Waals surface area contributed by atoms with Crippen LogP contribution in [-0.2, 0) is 148 Å². The van der Waals surface area contributed by atoms with Crippen LogP contribution in [0.1, 0.15) is 146 Å². The van der Waals surface area contributed by atoms with Crippen molar-refractivity contribution in [3.63, 3.8) is 0 Å². The molecule has 0 aromatic heterocycles. The van der Waals surface area contributed by atoms with Crippen molar-refractivity contribution in [3.8, 4) is 0 Å². The molecule has 0 aromatic rings. The molecule has 0 radical (unpaired) electrons. The Bertz CT molecular complexity index is 3410. The third-order valence-corrected chi connectivity index (χ3v) is 23.3. The van der Waals surface area contributed by atoms with Crippen LogP contribution in [0.15, 0.2) is 0 Å². The van der Waals surface area contributed by atoms with Crippen molar-refractivity contribution in [2.75, 3.05) is 293 Å². The lowest BCUT2D eigenvalue weighted by Gasteiger charge is -2.33. The summed E-state index contributed by atoms with van der Waals surface area (Å²) in [6.07, 6.45) is 0.458. The first-order valence-electron chi connectivity index (χ1n) is 47.9. The van der Waals surface area contributed by atoms with Gasteiger partial charge in [-0.2, -0.15) is 37.9 Å². The number of thioether (sulfide) groups is 1. The third-order valence-electron chi connectivity index (χ3n) is 20.8. The number of amides is 12. The molecule has 47 heteroatoms. The molecule has 5 atom stereocenters. The highest BCUT2D eigenvalue weighted by Crippen LogP contribution is 2.29. The minimum absolute atomic E-state index is 0.000199. The standard InChI is InChI=1S/C92H164N12O31S4/c1-11-69(105)20-29-104-82(114)54-73(87(104)119)139-59-70(93)84(116)99-26-35-125-43-51-133-65-92(64-132-50-42-124-34-25-98-83(115)68(56-136)55-88(2,3)4)66-134-52-44-126-36-27-100-85(117)71(57-137)102-80(112)18-16-78(110)96-23-32-122-40-48-130-62-91(60-128-46-38-120-30-21-94-76(108)14-12-74(106)89(5,6)7,61-129-47-39-121-31-22-95-77(109)15-13-75(107)90(8,9)10)63-131-49-41-123-33-24-97-79(111)17-19-81(113)103-72(58-138)86(118)101-28-37-127-45-53-135-67-92/h68,70-73,136-138H,11-67,93H2,1-10H3,(H,94,108)(H,95,109)(H,96,110)(H,97,111)(H,98,115)(H,99,116)(H,100,117)(H,101,118)(H,102,112)(H,103,113). The van der Waals surface area contributed by atoms with Crippen LogP contribution in [0, 0.1) is 33.0 Å². The van der Waals surface area contributed by atoms with Crippen molar-refractivity contribution in [2.24, 2.45) is 38.7 Å². The van der Waals surface area contributed by atoms with Crippen molar-refractivity contribution in [3.05, 3.63) is 0 Å². The minimum Gasteiger partial charge on any atom is -0.378 e. The quantitative estimate of drug-likeness (QED) is 0.0215. The molecular formula is C92H164N12O31S4. The van der Waals surface area contributed by atoms with Gasteiger partial charge in [0.1, 0.15) is 29.4 Å². The second kappa shape index (κ2) is 77.1. The Hall–Kier alpha value is -6.43. The molecule has 2 rings (SSSR count). The van der Waals surface area contributed by atoms with Crippen molar-refractivity contribution in [1.29, 1.82) is 0 Å². The summed E-state index contributed by atoms with van der Waals surface area (Å²) in [6, 6.07) is -3.10. The molecule has 802 valence electrons. The summed E-state index contributed by atoms with van der Waals surface area (Å²) in [7, 11) is 0. The lowest BCUT2D eigenvalue weighted by atomic mass is 9.85. The Morgan fingerprint density at radius 2 is 0.777 bits per heavy atom. The van der Waals surface area contributed by atoms with Gasteiger partial charge in [-0.15, -0.1) is 11.8 Å². The smallest absolute Gasteiger partial charge is 0.243 e. The number of nitrogens with zero attached hydrogens (tertiary/aromatic N) is 1. The zero-order valence-corrected chi connectivity index (χ0v) is 87.1. The second-order valence-electron chi connectivity index (χ2n) is 36.6. The first-order valence-corrected chi connectivity index (χ1v) is 50.9. The molecule has 43 nitrogen and oxygen atoms in total. The molecule has 2 aliphatic heterocycles. The summed E-state index contributed by atoms with van der Waals surface area (Å²) >= 11 is 14.1. The number of ether oxygens (including phenoxy) is 16. The number of nitrogens with one attached hydrogen (secondary N) is 10. The number of carbonyl (C=O) groups excluding carboxylic acids is 15. The molecule has 0 saturated carbocycles. The average molecular weight is 2060 g/mol. The van der Waals surface area contributed by atoms with Crippen LogP contribution in [-0.4, -0.2) is 410 Å². The number of Topliss-reactive ketones (excluding diaryl/α,β-unsaturated/α-hetero) is 3. The van der Waals surface area contributed by atoms with E-state index in [0.29, 0.717) is 18.6 Å². The maximum Gasteiger partial charge on any atom is 0.243 e. The molecule has 0 bridgehead atoms. The largest absolute Gasteiger partial charge is 0.378 e. The van der Waals surface area contributed by atoms with Crippen LogP contribution < -0.4 is 58.9 Å². The lowest BCUT2D eigenvalue weighted by molar-refractivity contribution is -0.139. The zero-order valence-electron chi connectivity index (χ0n) is 83.6. The molecule has 2 fully saturated rings. The Morgan fingerprint density at radius 1 is 0.439 bits per heavy atom. The highest BCUT2D eigenvalue weighted by Gasteiger charge is 2.40. The van der Waals surface area contributed by atoms with Gasteiger partial charge in [-0.05, 0) is 11.8 Å². The number of carbonyl (C=O) groups is 15. The zero-order chi connectivity index (χ0) is 103. The maximum atomic E-state index is 13.3. The molecular weight excluding hydrogens is 1900 g/mol. The average Bonchev–Trinajstić information content (AvgIpc) is 1.70. The molecule has 2 heterocycles. The van der Waals surface area contributed by atoms with E-state index >= 15 is 0 Å². The summed E-state index contributed by atoms with van der Waals surface area (Å²) in [5.41, 5.74) is 3.00. The molecule has 139 heavy (non-hydrogen) atoms. The van der Waals surface area contributed by atoms with Gasteiger partial charge in [0, 0.05) is 169 Å². The number of thiol groups is 3. The predicted octanol–water partition coefficient (Wildman–Crippen LogP) is -0.112. The van der Waals surface area contributed by atoms with E-state index in [1.807, 2.05) is 0 Å². The first-order chi connectivity index (χ1) is 66.3. The van der Waals surface area contributed by atoms with E-state index < -0.39 is 92.3 Å². The molecule has 5 unspecified atom stereocenters. The maximum absolute atomic E-state index is 13.3. The van der Waals surface area contributed by atoms with Gasteiger partial charge >= 0.3 is 0 Å². The van der Waals surface area contributed by atoms with Crippen LogP contribution in [0.5, 0.6) is 0 Å². The Labute approximate surface area is 840 Å². The Balaban J connectivity index is 2.26. The number of imide groups is 1. The molecule has 0 spiro atoms. The van der Waals surface area contributed by atoms with E-state index in [2.05, 4.69) is 112 Å². The SMILES string of the molecule is CCC(=O)CCN1C(=O)CC(SCC(N)C(=O)NCCOCCOCC2(COCCOCCNC(=O)C(CS)CC(C)(C)C)COCCOCCNC(=O)C(CS)NC(=O)CCC(=O)NCCOCCOCC(COCCOCCNC(=O)CCC(=O)C(C)(C)C)(COCCOCCNC(=O)CCC(=O)C(C)(C)C)COCCOCCNC(=O)CCC(=O)NC(CS)C(=O)NCCOCCOC2)C1=O. The van der Waals surface area contributed by atoms with Crippen molar-refractivity contribution in [1.82, 2.24) is 58.1 Å². The summed E-state index contributed by atoms with van der Waals surface area (Å²) in [5.74, 6) is -5.09. The van der Waals surface area contributed by atoms with Gasteiger partial charge in [-0.3, -0.25) is 76.8 Å². The summed E-state index contributed by atoms with van der Waals surface area (Å²) in [6.45, 7) is 22.3. The summed E-state index contributed by atoms with van der Waals surface area (Å²) in [5, 5.41) is 26.6. The first kappa shape index (κ1) is 129. The molecule has 12 amide bonds. The van der Waals surface area contributed by atoms with Crippen molar-refractivity contribution in [2.45, 2.75) is 170 Å². The van der Waals surface area contributed by atoms with E-state index in [9.17, 15) is 71.9 Å². The third kappa shape index (κ3) is 64.8. The predicted molar refractivity (Wildman–Crippen MR) is 526 cm³/mol. The number of hydrogen-bond acceptors (Lipinski definition) is 36. The molecule has 2 aliphatic rings. The van der Waals surface area contributed by atoms with Crippen LogP contribution in [0.25, 0.3) is 0 Å². The van der Waals surface area contributed by atoms with Crippen LogP contribution in [0.3, 0.4) is 0 Å². The van der Waals surface area contributed by atoms with Gasteiger partial charge in [0.15, 0.2) is 0 Å². The number of ketones is 3. The van der Waals surface area contributed by atoms with E-state index in [-0.39, 0.29) is 404 Å². The summed E-state index contributed by atoms with van der Waals surface area (Å²) in [4.78, 5) is 193. The number of nitrogens with two attached hydrogens (primary N) is 1. The van der Waals surface area contributed by atoms with Crippen LogP contribution in [0.2, 0.25) is 0 Å². The topological polar surface area (TPSA) is 553 Å². The Kier molecular flexibility index (Phi) is 71.3. The number of rotatable bonds is 51. The van der Waals surface area contributed by atoms with Gasteiger partial charge in [-0.1, -0.05) is 69.2 Å². The van der Waals surface area contributed by atoms with E-state index in [0.717, 1.165) is 16.7 Å². The second-order valence-corrected chi connectivity index (χ2v) is 39.0. The van der Waals surface area contributed by atoms with E-state index in [1.54, 1.807) is 48.5 Å². The molecule has 0 aliphatic carbocycles. The van der Waals surface area contributed by atoms with Gasteiger partial charge in [-0.25, -0.2) is 0 Å². The van der Waals surface area contributed by atoms with Crippen LogP contribution >= 0.6 is 49.6 Å². The van der Waals surface area contributed by atoms with Gasteiger partial charge in [0.25, 0.3) is 0 Å². The van der Waals surface area contributed by atoms with Crippen molar-refractivity contribution < 1.29 is 148 Å². The Morgan fingerprint density at radius 3 is 1.12 bits per heavy atom. The fourth-order valence-electron chi connectivity index (χ4n) is 12.8. The van der Waals surface area contributed by atoms with Crippen LogP contribution in [0.4, 0.5) is 0 Å². The normalized spacial score (nSPS) is 20.1. The molecule has 12 N–H and O–H groups in total. The monoisotopic (exact) mass is 2060 g/mol. The van der Waals surface area contributed by atoms with Crippen molar-refractivity contribution >= 4 is 138 Å². The molecule has 2 saturated heterocycles. The van der Waals surface area contributed by atoms with E-state index in [1.165, 1.54) is 0 Å². The van der Waals surface area contributed by atoms with Gasteiger partial charge < -0.3 is 135 Å². The molecule has 0 aromatic carbocycles. The minimum atomic E-state index is -1.05. The van der Waals surface area contributed by atoms with Gasteiger partial charge in [0.05, 0.1) is 234 Å². The number of likely N-dealkylation sites (tertiary alicyclic amines) is 1. The highest BCUT2D eigenvalue weighted by atomic mass is 32.2.